The summed E-state index contributed by atoms with van der Waals surface area (Å²) < 4.78 is 5.64. The second-order valence-electron chi connectivity index (χ2n) is 5.95. The van der Waals surface area contributed by atoms with Gasteiger partial charge in [0.2, 0.25) is 5.91 Å². The zero-order chi connectivity index (χ0) is 13.2. The summed E-state index contributed by atoms with van der Waals surface area (Å²) in [5, 5.41) is 0. The number of carbonyl (C=O) groups is 1. The molecular weight excluding hydrogens is 230 g/mol. The summed E-state index contributed by atoms with van der Waals surface area (Å²) in [6, 6.07) is 0. The van der Waals surface area contributed by atoms with Gasteiger partial charge in [-0.2, -0.15) is 0 Å². The number of ether oxygens (including phenoxy) is 1. The van der Waals surface area contributed by atoms with Gasteiger partial charge in [0.15, 0.2) is 0 Å². The van der Waals surface area contributed by atoms with Crippen molar-refractivity contribution in [2.75, 3.05) is 39.3 Å². The van der Waals surface area contributed by atoms with Gasteiger partial charge < -0.3 is 15.4 Å². The molecule has 18 heavy (non-hydrogen) atoms. The average molecular weight is 255 g/mol. The minimum Gasteiger partial charge on any atom is -0.377 e. The molecule has 2 aliphatic rings. The monoisotopic (exact) mass is 255 g/mol. The van der Waals surface area contributed by atoms with E-state index in [-0.39, 0.29) is 5.91 Å². The van der Waals surface area contributed by atoms with Crippen molar-refractivity contribution in [1.82, 2.24) is 9.80 Å². The predicted molar refractivity (Wildman–Crippen MR) is 70.3 cm³/mol. The number of nitrogens with two attached hydrogens (primary N) is 1. The first-order chi connectivity index (χ1) is 8.47. The molecule has 0 aliphatic carbocycles. The van der Waals surface area contributed by atoms with Gasteiger partial charge in [0.25, 0.3) is 0 Å². The van der Waals surface area contributed by atoms with E-state index in [0.717, 1.165) is 39.3 Å². The molecule has 0 aromatic heterocycles. The van der Waals surface area contributed by atoms with E-state index in [1.54, 1.807) is 13.8 Å². The molecule has 0 bridgehead atoms. The van der Waals surface area contributed by atoms with E-state index in [1.165, 1.54) is 12.8 Å². The number of nitrogens with zero attached hydrogens (tertiary/aromatic N) is 2. The number of hydrogen-bond donors (Lipinski definition) is 1. The molecular formula is C13H25N3O2. The van der Waals surface area contributed by atoms with Gasteiger partial charge in [-0.1, -0.05) is 0 Å². The van der Waals surface area contributed by atoms with Crippen LogP contribution in [-0.2, 0) is 9.53 Å². The second-order valence-corrected chi connectivity index (χ2v) is 5.95. The van der Waals surface area contributed by atoms with Crippen molar-refractivity contribution in [3.63, 3.8) is 0 Å². The maximum atomic E-state index is 12.0. The van der Waals surface area contributed by atoms with Gasteiger partial charge in [0.05, 0.1) is 11.6 Å². The lowest BCUT2D eigenvalue weighted by molar-refractivity contribution is -0.137. The Bertz CT molecular complexity index is 287. The van der Waals surface area contributed by atoms with Crippen LogP contribution in [0.5, 0.6) is 0 Å². The van der Waals surface area contributed by atoms with Crippen LogP contribution in [0, 0.1) is 0 Å². The number of rotatable bonds is 3. The smallest absolute Gasteiger partial charge is 0.242 e. The molecule has 1 amide bonds. The van der Waals surface area contributed by atoms with Crippen LogP contribution in [0.1, 0.15) is 26.7 Å². The van der Waals surface area contributed by atoms with Crippen LogP contribution in [0.15, 0.2) is 0 Å². The molecule has 2 rings (SSSR count). The lowest BCUT2D eigenvalue weighted by Gasteiger charge is -2.38. The minimum absolute atomic E-state index is 0.0549. The van der Waals surface area contributed by atoms with Crippen LogP contribution in [-0.4, -0.2) is 66.7 Å². The zero-order valence-corrected chi connectivity index (χ0v) is 11.5. The molecule has 2 heterocycles. The summed E-state index contributed by atoms with van der Waals surface area (Å²) in [7, 11) is 0. The molecule has 0 aromatic carbocycles. The minimum atomic E-state index is -0.753. The summed E-state index contributed by atoms with van der Waals surface area (Å²) in [4.78, 5) is 16.3. The molecule has 104 valence electrons. The van der Waals surface area contributed by atoms with E-state index < -0.39 is 5.54 Å². The summed E-state index contributed by atoms with van der Waals surface area (Å²) in [6.45, 7) is 8.89. The van der Waals surface area contributed by atoms with Crippen LogP contribution in [0.4, 0.5) is 0 Å². The van der Waals surface area contributed by atoms with E-state index in [9.17, 15) is 4.79 Å². The molecule has 2 N–H and O–H groups in total. The Morgan fingerprint density at radius 1 is 1.33 bits per heavy atom. The highest BCUT2D eigenvalue weighted by molar-refractivity contribution is 5.85. The SMILES string of the molecule is CC(C)(N)C(=O)N1CCN(CC2CCCO2)CC1. The van der Waals surface area contributed by atoms with Gasteiger partial charge in [-0.25, -0.2) is 0 Å². The lowest BCUT2D eigenvalue weighted by atomic mass is 10.0. The standard InChI is InChI=1S/C13H25N3O2/c1-13(2,14)12(17)16-7-5-15(6-8-16)10-11-4-3-9-18-11/h11H,3-10,14H2,1-2H3. The Balaban J connectivity index is 1.75. The van der Waals surface area contributed by atoms with E-state index in [1.807, 2.05) is 4.90 Å². The highest BCUT2D eigenvalue weighted by Gasteiger charge is 2.30. The molecule has 0 radical (unpaired) electrons. The van der Waals surface area contributed by atoms with Gasteiger partial charge in [-0.15, -0.1) is 0 Å². The van der Waals surface area contributed by atoms with Crippen molar-refractivity contribution in [1.29, 1.82) is 0 Å². The molecule has 0 saturated carbocycles. The number of amides is 1. The number of hydrogen-bond acceptors (Lipinski definition) is 4. The molecule has 5 nitrogen and oxygen atoms in total. The molecule has 2 aliphatic heterocycles. The molecule has 0 spiro atoms. The third-order valence-electron chi connectivity index (χ3n) is 3.70. The first kappa shape index (κ1) is 13.8. The third-order valence-corrected chi connectivity index (χ3v) is 3.70. The summed E-state index contributed by atoms with van der Waals surface area (Å²) in [5.41, 5.74) is 5.10. The Labute approximate surface area is 109 Å². The summed E-state index contributed by atoms with van der Waals surface area (Å²) in [6.07, 6.45) is 2.76. The second kappa shape index (κ2) is 5.55. The molecule has 1 atom stereocenters. The fourth-order valence-electron chi connectivity index (χ4n) is 2.62. The summed E-state index contributed by atoms with van der Waals surface area (Å²) >= 11 is 0. The first-order valence-corrected chi connectivity index (χ1v) is 6.89. The Morgan fingerprint density at radius 3 is 2.50 bits per heavy atom. The number of piperazine rings is 1. The maximum Gasteiger partial charge on any atom is 0.242 e. The van der Waals surface area contributed by atoms with Gasteiger partial charge in [-0.05, 0) is 26.7 Å². The molecule has 2 fully saturated rings. The van der Waals surface area contributed by atoms with Crippen molar-refractivity contribution in [2.45, 2.75) is 38.3 Å². The van der Waals surface area contributed by atoms with Crippen molar-refractivity contribution >= 4 is 5.91 Å². The fourth-order valence-corrected chi connectivity index (χ4v) is 2.62. The average Bonchev–Trinajstić information content (AvgIpc) is 2.81. The van der Waals surface area contributed by atoms with Gasteiger partial charge in [-0.3, -0.25) is 9.69 Å². The number of carbonyl (C=O) groups excluding carboxylic acids is 1. The van der Waals surface area contributed by atoms with Crippen LogP contribution >= 0.6 is 0 Å². The van der Waals surface area contributed by atoms with Crippen molar-refractivity contribution in [3.8, 4) is 0 Å². The topological polar surface area (TPSA) is 58.8 Å². The lowest BCUT2D eigenvalue weighted by Crippen LogP contribution is -2.57. The normalized spacial score (nSPS) is 26.6. The van der Waals surface area contributed by atoms with Crippen LogP contribution < -0.4 is 5.73 Å². The third kappa shape index (κ3) is 3.43. The van der Waals surface area contributed by atoms with Gasteiger partial charge in [0, 0.05) is 39.3 Å². The van der Waals surface area contributed by atoms with Gasteiger partial charge >= 0.3 is 0 Å². The highest BCUT2D eigenvalue weighted by Crippen LogP contribution is 2.15. The summed E-state index contributed by atoms with van der Waals surface area (Å²) in [5.74, 6) is 0.0549. The van der Waals surface area contributed by atoms with Crippen LogP contribution in [0.3, 0.4) is 0 Å². The van der Waals surface area contributed by atoms with E-state index in [0.29, 0.717) is 6.10 Å². The zero-order valence-electron chi connectivity index (χ0n) is 11.5. The molecule has 5 heteroatoms. The Kier molecular flexibility index (Phi) is 4.25. The first-order valence-electron chi connectivity index (χ1n) is 6.89. The molecule has 0 aromatic rings. The van der Waals surface area contributed by atoms with E-state index in [4.69, 9.17) is 10.5 Å². The predicted octanol–water partition coefficient (Wildman–Crippen LogP) is 0.0469. The van der Waals surface area contributed by atoms with E-state index in [2.05, 4.69) is 4.90 Å². The van der Waals surface area contributed by atoms with Crippen molar-refractivity contribution < 1.29 is 9.53 Å². The van der Waals surface area contributed by atoms with Crippen LogP contribution in [0.2, 0.25) is 0 Å². The fraction of sp³-hybridized carbons (Fsp3) is 0.923. The van der Waals surface area contributed by atoms with Crippen LogP contribution in [0.25, 0.3) is 0 Å². The largest absolute Gasteiger partial charge is 0.377 e. The molecule has 2 saturated heterocycles. The highest BCUT2D eigenvalue weighted by atomic mass is 16.5. The van der Waals surface area contributed by atoms with E-state index >= 15 is 0 Å². The Morgan fingerprint density at radius 2 is 2.00 bits per heavy atom. The maximum absolute atomic E-state index is 12.0. The molecule has 1 unspecified atom stereocenters. The van der Waals surface area contributed by atoms with Gasteiger partial charge in [0.1, 0.15) is 0 Å². The van der Waals surface area contributed by atoms with Crippen molar-refractivity contribution in [3.05, 3.63) is 0 Å². The van der Waals surface area contributed by atoms with Crippen molar-refractivity contribution in [2.24, 2.45) is 5.73 Å². The Hall–Kier alpha value is -0.650. The quantitative estimate of drug-likeness (QED) is 0.774.